The van der Waals surface area contributed by atoms with E-state index in [1.54, 1.807) is 16.7 Å². The van der Waals surface area contributed by atoms with Crippen LogP contribution in [0.2, 0.25) is 5.02 Å². The van der Waals surface area contributed by atoms with E-state index in [1.165, 1.54) is 5.56 Å². The fourth-order valence-electron chi connectivity index (χ4n) is 3.25. The molecule has 1 atom stereocenters. The lowest BCUT2D eigenvalue weighted by atomic mass is 10.1. The van der Waals surface area contributed by atoms with Crippen LogP contribution in [-0.4, -0.2) is 34.0 Å². The maximum absolute atomic E-state index is 13.2. The number of halogens is 1. The summed E-state index contributed by atoms with van der Waals surface area (Å²) in [5.41, 5.74) is 1.72. The first-order chi connectivity index (χ1) is 14.7. The number of hydrogen-bond acceptors (Lipinski definition) is 3. The molecule has 2 amide bonds. The van der Waals surface area contributed by atoms with E-state index in [0.717, 1.165) is 11.3 Å². The van der Waals surface area contributed by atoms with Crippen molar-refractivity contribution in [1.29, 1.82) is 0 Å². The summed E-state index contributed by atoms with van der Waals surface area (Å²) >= 11 is 8.08. The van der Waals surface area contributed by atoms with Crippen LogP contribution in [0.25, 0.3) is 0 Å². The quantitative estimate of drug-likeness (QED) is 0.463. The molecule has 0 bridgehead atoms. The highest BCUT2D eigenvalue weighted by atomic mass is 35.5. The van der Waals surface area contributed by atoms with Gasteiger partial charge in [-0.3, -0.25) is 9.59 Å². The lowest BCUT2D eigenvalue weighted by Gasteiger charge is -2.33. The van der Waals surface area contributed by atoms with Crippen LogP contribution in [0.3, 0.4) is 0 Å². The molecule has 4 nitrogen and oxygen atoms in total. The third kappa shape index (κ3) is 8.58. The molecule has 2 rings (SSSR count). The minimum absolute atomic E-state index is 0.0311. The van der Waals surface area contributed by atoms with Gasteiger partial charge in [0.05, 0.1) is 0 Å². The normalized spacial score (nSPS) is 12.3. The summed E-state index contributed by atoms with van der Waals surface area (Å²) in [6, 6.07) is 17.1. The monoisotopic (exact) mass is 460 g/mol. The van der Waals surface area contributed by atoms with E-state index < -0.39 is 6.04 Å². The Kier molecular flexibility index (Phi) is 9.92. The van der Waals surface area contributed by atoms with E-state index in [-0.39, 0.29) is 17.4 Å². The van der Waals surface area contributed by atoms with E-state index in [2.05, 4.69) is 17.4 Å². The number of thioether (sulfide) groups is 1. The zero-order valence-electron chi connectivity index (χ0n) is 18.9. The third-order valence-electron chi connectivity index (χ3n) is 4.75. The average Bonchev–Trinajstić information content (AvgIpc) is 2.71. The van der Waals surface area contributed by atoms with Crippen LogP contribution in [0, 0.1) is 0 Å². The van der Waals surface area contributed by atoms with Crippen molar-refractivity contribution in [3.63, 3.8) is 0 Å². The SMILES string of the molecule is CC[C@H](C(=O)NC(C)(C)C)N(Cc1ccccc1Cl)C(=O)CCSCc1ccccc1. The second kappa shape index (κ2) is 12.2. The molecule has 2 aromatic rings. The van der Waals surface area contributed by atoms with Crippen LogP contribution in [0.4, 0.5) is 0 Å². The van der Waals surface area contributed by atoms with E-state index >= 15 is 0 Å². The van der Waals surface area contributed by atoms with E-state index in [0.29, 0.717) is 30.2 Å². The Morgan fingerprint density at radius 1 is 1.06 bits per heavy atom. The van der Waals surface area contributed by atoms with Crippen LogP contribution < -0.4 is 5.32 Å². The summed E-state index contributed by atoms with van der Waals surface area (Å²) in [4.78, 5) is 27.9. The molecule has 0 saturated carbocycles. The van der Waals surface area contributed by atoms with Crippen molar-refractivity contribution in [1.82, 2.24) is 10.2 Å². The zero-order valence-corrected chi connectivity index (χ0v) is 20.4. The molecule has 2 aromatic carbocycles. The molecule has 0 aliphatic carbocycles. The number of carbonyl (C=O) groups excluding carboxylic acids is 2. The standard InChI is InChI=1S/C25H33ClN2O2S/c1-5-22(24(30)27-25(2,3)4)28(17-20-13-9-10-14-21(20)26)23(29)15-16-31-18-19-11-7-6-8-12-19/h6-14,22H,5,15-18H2,1-4H3,(H,27,30)/t22-/m1/s1. The van der Waals surface area contributed by atoms with Gasteiger partial charge in [0.15, 0.2) is 0 Å². The molecule has 6 heteroatoms. The van der Waals surface area contributed by atoms with Gasteiger partial charge in [0.25, 0.3) is 0 Å². The van der Waals surface area contributed by atoms with Gasteiger partial charge in [-0.25, -0.2) is 0 Å². The van der Waals surface area contributed by atoms with Crippen LogP contribution >= 0.6 is 23.4 Å². The van der Waals surface area contributed by atoms with Gasteiger partial charge in [-0.2, -0.15) is 11.8 Å². The predicted octanol–water partition coefficient (Wildman–Crippen LogP) is 5.69. The summed E-state index contributed by atoms with van der Waals surface area (Å²) in [6.45, 7) is 8.08. The molecule has 0 unspecified atom stereocenters. The molecule has 0 aromatic heterocycles. The lowest BCUT2D eigenvalue weighted by molar-refractivity contribution is -0.141. The van der Waals surface area contributed by atoms with Gasteiger partial charge in [0.2, 0.25) is 11.8 Å². The van der Waals surface area contributed by atoms with Gasteiger partial charge in [0, 0.05) is 35.0 Å². The Morgan fingerprint density at radius 3 is 2.32 bits per heavy atom. The Labute approximate surface area is 195 Å². The van der Waals surface area contributed by atoms with Crippen LogP contribution in [0.15, 0.2) is 54.6 Å². The second-order valence-electron chi connectivity index (χ2n) is 8.56. The Hall–Kier alpha value is -1.98. The van der Waals surface area contributed by atoms with Gasteiger partial charge in [0.1, 0.15) is 6.04 Å². The van der Waals surface area contributed by atoms with Crippen molar-refractivity contribution in [2.75, 3.05) is 5.75 Å². The van der Waals surface area contributed by atoms with Crippen molar-refractivity contribution < 1.29 is 9.59 Å². The molecule has 0 heterocycles. The van der Waals surface area contributed by atoms with Crippen LogP contribution in [0.5, 0.6) is 0 Å². The van der Waals surface area contributed by atoms with Crippen molar-refractivity contribution in [3.8, 4) is 0 Å². The van der Waals surface area contributed by atoms with E-state index in [1.807, 2.05) is 70.2 Å². The topological polar surface area (TPSA) is 49.4 Å². The Balaban J connectivity index is 2.10. The van der Waals surface area contributed by atoms with Gasteiger partial charge in [-0.05, 0) is 44.4 Å². The Morgan fingerprint density at radius 2 is 1.71 bits per heavy atom. The maximum atomic E-state index is 13.2. The van der Waals surface area contributed by atoms with Crippen molar-refractivity contribution in [3.05, 3.63) is 70.7 Å². The first-order valence-electron chi connectivity index (χ1n) is 10.7. The van der Waals surface area contributed by atoms with Gasteiger partial charge < -0.3 is 10.2 Å². The molecule has 0 radical (unpaired) electrons. The summed E-state index contributed by atoms with van der Waals surface area (Å²) in [7, 11) is 0. The minimum atomic E-state index is -0.540. The molecule has 168 valence electrons. The molecule has 31 heavy (non-hydrogen) atoms. The van der Waals surface area contributed by atoms with Crippen molar-refractivity contribution in [2.45, 2.75) is 64.4 Å². The molecule has 0 aliphatic heterocycles. The third-order valence-corrected chi connectivity index (χ3v) is 6.15. The highest BCUT2D eigenvalue weighted by Gasteiger charge is 2.30. The summed E-state index contributed by atoms with van der Waals surface area (Å²) in [6.07, 6.45) is 0.913. The lowest BCUT2D eigenvalue weighted by Crippen LogP contribution is -2.53. The van der Waals surface area contributed by atoms with E-state index in [4.69, 9.17) is 11.6 Å². The van der Waals surface area contributed by atoms with E-state index in [9.17, 15) is 9.59 Å². The number of carbonyl (C=O) groups is 2. The van der Waals surface area contributed by atoms with Crippen LogP contribution in [-0.2, 0) is 21.9 Å². The summed E-state index contributed by atoms with van der Waals surface area (Å²) in [5, 5.41) is 3.63. The molecular weight excluding hydrogens is 428 g/mol. The first-order valence-corrected chi connectivity index (χ1v) is 12.2. The number of rotatable bonds is 10. The molecule has 0 spiro atoms. The summed E-state index contributed by atoms with van der Waals surface area (Å²) < 4.78 is 0. The van der Waals surface area contributed by atoms with Gasteiger partial charge in [-0.1, -0.05) is 67.1 Å². The molecule has 0 fully saturated rings. The van der Waals surface area contributed by atoms with Gasteiger partial charge in [-0.15, -0.1) is 0 Å². The predicted molar refractivity (Wildman–Crippen MR) is 131 cm³/mol. The maximum Gasteiger partial charge on any atom is 0.243 e. The second-order valence-corrected chi connectivity index (χ2v) is 10.1. The van der Waals surface area contributed by atoms with Crippen molar-refractivity contribution >= 4 is 35.2 Å². The highest BCUT2D eigenvalue weighted by Crippen LogP contribution is 2.21. The zero-order chi connectivity index (χ0) is 22.9. The molecular formula is C25H33ClN2O2S. The van der Waals surface area contributed by atoms with Crippen LogP contribution in [0.1, 0.15) is 51.7 Å². The molecule has 0 saturated heterocycles. The average molecular weight is 461 g/mol. The highest BCUT2D eigenvalue weighted by molar-refractivity contribution is 7.98. The molecule has 0 aliphatic rings. The largest absolute Gasteiger partial charge is 0.350 e. The Bertz CT molecular complexity index is 852. The van der Waals surface area contributed by atoms with Gasteiger partial charge >= 0.3 is 0 Å². The number of nitrogens with one attached hydrogen (secondary N) is 1. The fourth-order valence-corrected chi connectivity index (χ4v) is 4.34. The molecule has 1 N–H and O–H groups in total. The smallest absolute Gasteiger partial charge is 0.243 e. The number of amides is 2. The number of hydrogen-bond donors (Lipinski definition) is 1. The first kappa shape index (κ1) is 25.3. The van der Waals surface area contributed by atoms with Crippen molar-refractivity contribution in [2.24, 2.45) is 0 Å². The number of nitrogens with zero attached hydrogens (tertiary/aromatic N) is 1. The summed E-state index contributed by atoms with van der Waals surface area (Å²) in [5.74, 6) is 1.40. The number of benzene rings is 2. The fraction of sp³-hybridized carbons (Fsp3) is 0.440. The minimum Gasteiger partial charge on any atom is -0.350 e.